The molecule has 51 heavy (non-hydrogen) atoms. The second-order valence-electron chi connectivity index (χ2n) is 15.4. The minimum absolute atomic E-state index is 0. The van der Waals surface area contributed by atoms with Crippen LogP contribution in [-0.2, 0) is 39.2 Å². The van der Waals surface area contributed by atoms with Crippen molar-refractivity contribution in [2.75, 3.05) is 7.11 Å². The first-order chi connectivity index (χ1) is 22.9. The van der Waals surface area contributed by atoms with E-state index in [-0.39, 0.29) is 50.9 Å². The van der Waals surface area contributed by atoms with Crippen LogP contribution in [0.5, 0.6) is 17.2 Å². The number of phenols is 2. The van der Waals surface area contributed by atoms with Crippen molar-refractivity contribution in [2.45, 2.75) is 108 Å². The second kappa shape index (κ2) is 20.6. The van der Waals surface area contributed by atoms with Gasteiger partial charge in [0.2, 0.25) is 0 Å². The van der Waals surface area contributed by atoms with Crippen molar-refractivity contribution in [3.05, 3.63) is 75.8 Å². The van der Waals surface area contributed by atoms with Gasteiger partial charge in [-0.3, -0.25) is 9.98 Å². The molecule has 0 aliphatic rings. The number of methoxy groups -OCH3 is 1. The molecule has 10 heteroatoms. The Bertz CT molecular complexity index is 1640. The number of carboxylic acid groups (broad SMARTS) is 2. The van der Waals surface area contributed by atoms with Gasteiger partial charge in [-0.1, -0.05) is 81.4 Å². The molecule has 0 fully saturated rings. The number of aromatic hydroxyl groups is 2. The van der Waals surface area contributed by atoms with Crippen molar-refractivity contribution in [3.63, 3.8) is 0 Å². The van der Waals surface area contributed by atoms with E-state index in [0.717, 1.165) is 37.8 Å². The molecule has 1 radical (unpaired) electrons. The first kappa shape index (κ1) is 46.8. The fourth-order valence-electron chi connectivity index (χ4n) is 5.12. The number of aliphatic imine (C=N–C) groups is 2. The Balaban J connectivity index is 0.00000251. The van der Waals surface area contributed by atoms with Crippen LogP contribution >= 0.6 is 0 Å². The maximum atomic E-state index is 11.1. The van der Waals surface area contributed by atoms with E-state index in [0.29, 0.717) is 28.3 Å². The number of phenolic OH excluding ortho intramolecular Hbond substituents is 2. The van der Waals surface area contributed by atoms with Crippen LogP contribution in [0.15, 0.2) is 52.4 Å². The number of nitrogens with zero attached hydrogens (tertiary/aromatic N) is 2. The summed E-state index contributed by atoms with van der Waals surface area (Å²) < 4.78 is 5.48. The van der Waals surface area contributed by atoms with E-state index in [1.54, 1.807) is 19.5 Å². The Morgan fingerprint density at radius 2 is 1.06 bits per heavy atom. The largest absolute Gasteiger partial charge is 2.00 e. The van der Waals surface area contributed by atoms with Gasteiger partial charge in [-0.2, -0.15) is 0 Å². The molecule has 0 aliphatic heterocycles. The zero-order valence-electron chi connectivity index (χ0n) is 32.4. The van der Waals surface area contributed by atoms with Gasteiger partial charge < -0.3 is 34.8 Å². The number of hydrogen-bond donors (Lipinski definition) is 2. The van der Waals surface area contributed by atoms with E-state index >= 15 is 0 Å². The minimum Gasteiger partial charge on any atom is -0.550 e. The molecular weight excluding hydrogens is 691 g/mol. The monoisotopic (exact) mass is 747 g/mol. The zero-order chi connectivity index (χ0) is 38.6. The topological polar surface area (TPSA) is 155 Å². The molecule has 281 valence electrons. The summed E-state index contributed by atoms with van der Waals surface area (Å²) in [6.45, 7) is 23.6. The zero-order valence-corrected chi connectivity index (χ0v) is 33.5. The molecule has 0 spiro atoms. The van der Waals surface area contributed by atoms with E-state index in [1.165, 1.54) is 11.1 Å². The number of hydrogen-bond acceptors (Lipinski definition) is 9. The van der Waals surface area contributed by atoms with Crippen LogP contribution in [0.1, 0.15) is 128 Å². The summed E-state index contributed by atoms with van der Waals surface area (Å²) in [6.07, 6.45) is 5.20. The number of carboxylic acids is 2. The molecule has 0 atom stereocenters. The summed E-state index contributed by atoms with van der Waals surface area (Å²) in [5.74, 6) is -0.651. The first-order valence-electron chi connectivity index (χ1n) is 16.8. The van der Waals surface area contributed by atoms with Crippen molar-refractivity contribution in [1.82, 2.24) is 0 Å². The summed E-state index contributed by atoms with van der Waals surface area (Å²) in [4.78, 5) is 27.3. The SMILES string of the molecule is CC(=O)[O-].CC(=O)[O-].COc1ccc(N=Cc2cc(CC(C)(C)C)cc(C(C)C)c2O)c(N=Cc2cc(CC(C)(C)C)cc(C(C)C)c2O)c1.[Co+2]. The van der Waals surface area contributed by atoms with E-state index in [4.69, 9.17) is 34.5 Å². The van der Waals surface area contributed by atoms with Gasteiger partial charge in [0.15, 0.2) is 0 Å². The van der Waals surface area contributed by atoms with Crippen LogP contribution in [0.2, 0.25) is 0 Å². The van der Waals surface area contributed by atoms with E-state index in [9.17, 15) is 10.2 Å². The van der Waals surface area contributed by atoms with Crippen molar-refractivity contribution in [3.8, 4) is 17.2 Å². The number of carbonyl (C=O) groups is 2. The predicted octanol–water partition coefficient (Wildman–Crippen LogP) is 7.54. The van der Waals surface area contributed by atoms with E-state index < -0.39 is 11.9 Å². The molecule has 0 unspecified atom stereocenters. The Labute approximate surface area is 315 Å². The molecule has 9 nitrogen and oxygen atoms in total. The summed E-state index contributed by atoms with van der Waals surface area (Å²) >= 11 is 0. The minimum atomic E-state index is -1.08. The van der Waals surface area contributed by atoms with Crippen molar-refractivity contribution in [1.29, 1.82) is 0 Å². The molecule has 0 saturated heterocycles. The van der Waals surface area contributed by atoms with Gasteiger partial charge >= 0.3 is 16.8 Å². The van der Waals surface area contributed by atoms with Crippen molar-refractivity contribution >= 4 is 35.7 Å². The third-order valence-electron chi connectivity index (χ3n) is 7.04. The summed E-state index contributed by atoms with van der Waals surface area (Å²) in [5.41, 5.74) is 6.98. The number of carbonyl (C=O) groups excluding carboxylic acids is 2. The van der Waals surface area contributed by atoms with Gasteiger partial charge in [-0.25, -0.2) is 0 Å². The molecule has 3 aromatic rings. The molecule has 2 N–H and O–H groups in total. The maximum Gasteiger partial charge on any atom is 2.00 e. The van der Waals surface area contributed by atoms with Crippen LogP contribution in [-0.4, -0.2) is 41.7 Å². The van der Waals surface area contributed by atoms with E-state index in [1.807, 2.05) is 30.3 Å². The van der Waals surface area contributed by atoms with Gasteiger partial charge in [-0.15, -0.1) is 0 Å². The van der Waals surface area contributed by atoms with Gasteiger partial charge in [0.05, 0.1) is 18.5 Å². The average Bonchev–Trinajstić information content (AvgIpc) is 2.95. The third-order valence-corrected chi connectivity index (χ3v) is 7.04. The predicted molar refractivity (Wildman–Crippen MR) is 200 cm³/mol. The molecule has 0 aliphatic carbocycles. The number of aliphatic carboxylic acids is 2. The molecular formula is C41H56CoN2O7. The molecule has 3 aromatic carbocycles. The first-order valence-corrected chi connectivity index (χ1v) is 16.8. The smallest absolute Gasteiger partial charge is 0.550 e. The Kier molecular flexibility index (Phi) is 19.0. The third kappa shape index (κ3) is 17.6. The van der Waals surface area contributed by atoms with Crippen LogP contribution < -0.4 is 14.9 Å². The average molecular weight is 748 g/mol. The molecule has 0 amide bonds. The molecule has 0 bridgehead atoms. The molecule has 3 rings (SSSR count). The summed E-state index contributed by atoms with van der Waals surface area (Å²) in [5, 5.41) is 40.0. The van der Waals surface area contributed by atoms with Crippen LogP contribution in [0.3, 0.4) is 0 Å². The maximum absolute atomic E-state index is 11.1. The van der Waals surface area contributed by atoms with Gasteiger partial charge in [0.25, 0.3) is 0 Å². The quantitative estimate of drug-likeness (QED) is 0.214. The molecule has 0 heterocycles. The normalized spacial score (nSPS) is 11.5. The van der Waals surface area contributed by atoms with Crippen LogP contribution in [0.4, 0.5) is 11.4 Å². The number of benzene rings is 3. The van der Waals surface area contributed by atoms with E-state index in [2.05, 4.69) is 81.4 Å². The van der Waals surface area contributed by atoms with Gasteiger partial charge in [0.1, 0.15) is 17.2 Å². The fraction of sp³-hybridized carbons (Fsp3) is 0.463. The Morgan fingerprint density at radius 3 is 1.37 bits per heavy atom. The van der Waals surface area contributed by atoms with Crippen molar-refractivity contribution in [2.24, 2.45) is 20.8 Å². The molecule has 0 saturated carbocycles. The summed E-state index contributed by atoms with van der Waals surface area (Å²) in [7, 11) is 1.62. The van der Waals surface area contributed by atoms with Crippen LogP contribution in [0, 0.1) is 10.8 Å². The second-order valence-corrected chi connectivity index (χ2v) is 15.4. The number of rotatable bonds is 9. The van der Waals surface area contributed by atoms with Crippen molar-refractivity contribution < 1.29 is 51.5 Å². The van der Waals surface area contributed by atoms with Crippen LogP contribution in [0.25, 0.3) is 0 Å². The Hall–Kier alpha value is -4.15. The summed E-state index contributed by atoms with van der Waals surface area (Å²) in [6, 6.07) is 13.8. The van der Waals surface area contributed by atoms with Gasteiger partial charge in [0, 0.05) is 41.6 Å². The Morgan fingerprint density at radius 1 is 0.706 bits per heavy atom. The standard InChI is InChI=1S/C37H50N2O3.2C2H4O2.Co/c1-23(2)30-16-25(19-36(5,6)7)14-27(34(30)40)21-38-32-13-12-29(42-11)18-33(32)39-22-28-15-26(20-37(8,9)10)17-31(24(3)4)35(28)41;2*1-2(3)4;/h12-18,21-24,40-41H,19-20H2,1-11H3;2*1H3,(H,3,4);/q;;;+2/p-2. The fourth-order valence-corrected chi connectivity index (χ4v) is 5.12. The van der Waals surface area contributed by atoms with Gasteiger partial charge in [-0.05, 0) is 95.9 Å². The molecule has 0 aromatic heterocycles. The number of ether oxygens (including phenoxy) is 1.